The van der Waals surface area contributed by atoms with Gasteiger partial charge in [0, 0.05) is 19.6 Å². The summed E-state index contributed by atoms with van der Waals surface area (Å²) < 4.78 is 15.6. The third-order valence-electron chi connectivity index (χ3n) is 4.44. The third kappa shape index (κ3) is 4.63. The highest BCUT2D eigenvalue weighted by atomic mass is 16.6. The maximum Gasteiger partial charge on any atom is 0.433 e. The van der Waals surface area contributed by atoms with Crippen molar-refractivity contribution in [3.05, 3.63) is 57.8 Å². The first-order chi connectivity index (χ1) is 13.1. The molecule has 1 saturated heterocycles. The van der Waals surface area contributed by atoms with Crippen molar-refractivity contribution in [2.24, 2.45) is 0 Å². The van der Waals surface area contributed by atoms with Gasteiger partial charge in [-0.05, 0) is 23.8 Å². The number of furan rings is 1. The average molecular weight is 375 g/mol. The van der Waals surface area contributed by atoms with Gasteiger partial charge in [0.25, 0.3) is 5.91 Å². The van der Waals surface area contributed by atoms with E-state index < -0.39 is 16.7 Å². The lowest BCUT2D eigenvalue weighted by Gasteiger charge is -2.34. The Bertz CT molecular complexity index is 783. The standard InChI is InChI=1S/C18H21N3O6/c1-25-14-4-2-13(3-5-14)15(20-8-10-26-11-9-20)12-19-18(22)16-6-7-17(27-16)21(23)24/h2-7,15H,8-12H2,1H3,(H,19,22). The van der Waals surface area contributed by atoms with Crippen molar-refractivity contribution in [3.8, 4) is 5.75 Å². The molecule has 1 aromatic carbocycles. The third-order valence-corrected chi connectivity index (χ3v) is 4.44. The van der Waals surface area contributed by atoms with Crippen molar-refractivity contribution >= 4 is 11.8 Å². The molecule has 0 aliphatic carbocycles. The molecule has 1 aliphatic heterocycles. The molecule has 2 heterocycles. The Morgan fingerprint density at radius 3 is 2.56 bits per heavy atom. The first-order valence-corrected chi connectivity index (χ1v) is 8.56. The van der Waals surface area contributed by atoms with Crippen LogP contribution in [0.4, 0.5) is 5.88 Å². The number of nitro groups is 1. The summed E-state index contributed by atoms with van der Waals surface area (Å²) in [7, 11) is 1.61. The Labute approximate surface area is 156 Å². The SMILES string of the molecule is COc1ccc(C(CNC(=O)c2ccc([N+](=O)[O-])o2)N2CCOCC2)cc1. The largest absolute Gasteiger partial charge is 0.497 e. The minimum atomic E-state index is -0.676. The number of amides is 1. The molecule has 144 valence electrons. The molecule has 0 saturated carbocycles. The number of ether oxygens (including phenoxy) is 2. The van der Waals surface area contributed by atoms with E-state index in [0.717, 1.165) is 30.5 Å². The number of carbonyl (C=O) groups is 1. The van der Waals surface area contributed by atoms with Gasteiger partial charge in [0.05, 0.1) is 32.4 Å². The molecular weight excluding hydrogens is 354 g/mol. The van der Waals surface area contributed by atoms with E-state index in [9.17, 15) is 14.9 Å². The number of hydrogen-bond donors (Lipinski definition) is 1. The zero-order chi connectivity index (χ0) is 19.2. The van der Waals surface area contributed by atoms with Crippen LogP contribution in [0, 0.1) is 10.1 Å². The van der Waals surface area contributed by atoms with E-state index in [1.54, 1.807) is 7.11 Å². The van der Waals surface area contributed by atoms with E-state index in [2.05, 4.69) is 10.2 Å². The summed E-state index contributed by atoms with van der Waals surface area (Å²) in [6.45, 7) is 3.09. The quantitative estimate of drug-likeness (QED) is 0.582. The van der Waals surface area contributed by atoms with Gasteiger partial charge in [0.1, 0.15) is 10.7 Å². The summed E-state index contributed by atoms with van der Waals surface area (Å²) in [5.41, 5.74) is 1.03. The van der Waals surface area contributed by atoms with Gasteiger partial charge in [-0.25, -0.2) is 0 Å². The van der Waals surface area contributed by atoms with Crippen LogP contribution < -0.4 is 10.1 Å². The molecule has 27 heavy (non-hydrogen) atoms. The van der Waals surface area contributed by atoms with Crippen LogP contribution in [0.5, 0.6) is 5.75 Å². The van der Waals surface area contributed by atoms with Crippen LogP contribution in [0.2, 0.25) is 0 Å². The minimum Gasteiger partial charge on any atom is -0.497 e. The summed E-state index contributed by atoms with van der Waals surface area (Å²) in [6, 6.07) is 10.1. The Balaban J connectivity index is 1.71. The number of hydrogen-bond acceptors (Lipinski definition) is 7. The van der Waals surface area contributed by atoms with Gasteiger partial charge < -0.3 is 19.2 Å². The Kier molecular flexibility index (Phi) is 6.05. The summed E-state index contributed by atoms with van der Waals surface area (Å²) in [4.78, 5) is 24.6. The van der Waals surface area contributed by atoms with Crippen LogP contribution in [0.3, 0.4) is 0 Å². The Hall–Kier alpha value is -2.91. The molecule has 1 unspecified atom stereocenters. The van der Waals surface area contributed by atoms with Crippen molar-refractivity contribution in [3.63, 3.8) is 0 Å². The molecule has 1 aromatic heterocycles. The fourth-order valence-electron chi connectivity index (χ4n) is 3.00. The Morgan fingerprint density at radius 2 is 1.96 bits per heavy atom. The lowest BCUT2D eigenvalue weighted by molar-refractivity contribution is -0.402. The van der Waals surface area contributed by atoms with E-state index in [4.69, 9.17) is 13.9 Å². The predicted octanol–water partition coefficient (Wildman–Crippen LogP) is 2.00. The van der Waals surface area contributed by atoms with Gasteiger partial charge in [-0.2, -0.15) is 0 Å². The van der Waals surface area contributed by atoms with E-state index >= 15 is 0 Å². The lowest BCUT2D eigenvalue weighted by atomic mass is 10.0. The molecule has 1 N–H and O–H groups in total. The summed E-state index contributed by atoms with van der Waals surface area (Å²) in [5, 5.41) is 13.5. The van der Waals surface area contributed by atoms with Gasteiger partial charge in [0.2, 0.25) is 0 Å². The number of nitrogens with one attached hydrogen (secondary N) is 1. The van der Waals surface area contributed by atoms with Crippen molar-refractivity contribution in [1.82, 2.24) is 10.2 Å². The molecule has 2 aromatic rings. The fraction of sp³-hybridized carbons (Fsp3) is 0.389. The number of carbonyl (C=O) groups excluding carboxylic acids is 1. The normalized spacial score (nSPS) is 15.9. The molecule has 3 rings (SSSR count). The van der Waals surface area contributed by atoms with Crippen LogP contribution in [0.15, 0.2) is 40.8 Å². The molecule has 0 bridgehead atoms. The summed E-state index contributed by atoms with van der Waals surface area (Å²) in [5.74, 6) is -0.279. The van der Waals surface area contributed by atoms with Crippen molar-refractivity contribution in [1.29, 1.82) is 0 Å². The van der Waals surface area contributed by atoms with Crippen LogP contribution in [0.25, 0.3) is 0 Å². The van der Waals surface area contributed by atoms with Crippen LogP contribution in [-0.4, -0.2) is 55.7 Å². The predicted molar refractivity (Wildman–Crippen MR) is 95.8 cm³/mol. The molecule has 0 radical (unpaired) electrons. The molecule has 9 nitrogen and oxygen atoms in total. The van der Waals surface area contributed by atoms with Crippen LogP contribution >= 0.6 is 0 Å². The van der Waals surface area contributed by atoms with E-state index in [1.165, 1.54) is 6.07 Å². The van der Waals surface area contributed by atoms with E-state index in [0.29, 0.717) is 19.8 Å². The molecule has 1 fully saturated rings. The number of rotatable bonds is 7. The van der Waals surface area contributed by atoms with Crippen LogP contribution in [-0.2, 0) is 4.74 Å². The first kappa shape index (κ1) is 18.9. The van der Waals surface area contributed by atoms with Crippen molar-refractivity contribution in [2.75, 3.05) is 40.0 Å². The maximum absolute atomic E-state index is 12.3. The van der Waals surface area contributed by atoms with E-state index in [-0.39, 0.29) is 11.8 Å². The molecule has 1 amide bonds. The zero-order valence-electron chi connectivity index (χ0n) is 14.9. The van der Waals surface area contributed by atoms with Gasteiger partial charge >= 0.3 is 5.88 Å². The van der Waals surface area contributed by atoms with Crippen molar-refractivity contribution in [2.45, 2.75) is 6.04 Å². The highest BCUT2D eigenvalue weighted by Crippen LogP contribution is 2.24. The molecule has 9 heteroatoms. The average Bonchev–Trinajstić information content (AvgIpc) is 3.20. The van der Waals surface area contributed by atoms with Gasteiger partial charge in [-0.3, -0.25) is 19.8 Å². The minimum absolute atomic E-state index is 0.0614. The zero-order valence-corrected chi connectivity index (χ0v) is 14.9. The maximum atomic E-state index is 12.3. The van der Waals surface area contributed by atoms with Gasteiger partial charge in [-0.1, -0.05) is 12.1 Å². The van der Waals surface area contributed by atoms with E-state index in [1.807, 2.05) is 24.3 Å². The van der Waals surface area contributed by atoms with Crippen LogP contribution in [0.1, 0.15) is 22.2 Å². The highest BCUT2D eigenvalue weighted by Gasteiger charge is 2.24. The van der Waals surface area contributed by atoms with Gasteiger partial charge in [-0.15, -0.1) is 0 Å². The topological polar surface area (TPSA) is 107 Å². The first-order valence-electron chi connectivity index (χ1n) is 8.56. The Morgan fingerprint density at radius 1 is 1.26 bits per heavy atom. The second-order valence-corrected chi connectivity index (χ2v) is 6.04. The number of methoxy groups -OCH3 is 1. The second kappa shape index (κ2) is 8.65. The smallest absolute Gasteiger partial charge is 0.433 e. The number of morpholine rings is 1. The van der Waals surface area contributed by atoms with Crippen molar-refractivity contribution < 1.29 is 23.6 Å². The highest BCUT2D eigenvalue weighted by molar-refractivity contribution is 5.91. The molecule has 0 spiro atoms. The summed E-state index contributed by atoms with van der Waals surface area (Å²) >= 11 is 0. The fourth-order valence-corrected chi connectivity index (χ4v) is 3.00. The lowest BCUT2D eigenvalue weighted by Crippen LogP contribution is -2.43. The second-order valence-electron chi connectivity index (χ2n) is 6.04. The summed E-state index contributed by atoms with van der Waals surface area (Å²) in [6.07, 6.45) is 0. The molecular formula is C18H21N3O6. The van der Waals surface area contributed by atoms with Gasteiger partial charge in [0.15, 0.2) is 5.76 Å². The molecule has 1 atom stereocenters. The monoisotopic (exact) mass is 375 g/mol. The number of nitrogens with zero attached hydrogens (tertiary/aromatic N) is 2. The number of benzene rings is 1. The molecule has 1 aliphatic rings.